The van der Waals surface area contributed by atoms with Crippen LogP contribution >= 0.6 is 0 Å². The summed E-state index contributed by atoms with van der Waals surface area (Å²) in [5, 5.41) is 12.7. The molecule has 0 spiro atoms. The number of aromatic nitrogens is 2. The summed E-state index contributed by atoms with van der Waals surface area (Å²) < 4.78 is 40.0. The molecule has 3 N–H and O–H groups in total. The van der Waals surface area contributed by atoms with Crippen LogP contribution < -0.4 is 16.2 Å². The van der Waals surface area contributed by atoms with E-state index in [4.69, 9.17) is 0 Å². The van der Waals surface area contributed by atoms with Gasteiger partial charge in [0.05, 0.1) is 22.8 Å². The van der Waals surface area contributed by atoms with Gasteiger partial charge in [-0.1, -0.05) is 6.07 Å². The summed E-state index contributed by atoms with van der Waals surface area (Å²) in [4.78, 5) is 16.0. The van der Waals surface area contributed by atoms with Crippen LogP contribution in [0.3, 0.4) is 0 Å². The number of nitrogens with zero attached hydrogens (tertiary/aromatic N) is 3. The lowest BCUT2D eigenvalue weighted by molar-refractivity contribution is -0.141. The fourth-order valence-electron chi connectivity index (χ4n) is 3.16. The molecule has 0 bridgehead atoms. The highest BCUT2D eigenvalue weighted by Gasteiger charge is 2.32. The summed E-state index contributed by atoms with van der Waals surface area (Å²) in [5.41, 5.74) is 6.92. The van der Waals surface area contributed by atoms with Crippen molar-refractivity contribution in [3.05, 3.63) is 83.6 Å². The first kappa shape index (κ1) is 20.0. The molecule has 0 unspecified atom stereocenters. The van der Waals surface area contributed by atoms with Gasteiger partial charge in [-0.25, -0.2) is 0 Å². The topological polar surface area (TPSA) is 94.8 Å². The molecule has 2 aromatic heterocycles. The third-order valence-corrected chi connectivity index (χ3v) is 4.62. The number of rotatable bonds is 4. The number of nitrogens with one attached hydrogen (secondary N) is 3. The first-order valence-corrected chi connectivity index (χ1v) is 9.10. The molecule has 31 heavy (non-hydrogen) atoms. The lowest BCUT2D eigenvalue weighted by Gasteiger charge is -2.12. The average molecular weight is 424 g/mol. The summed E-state index contributed by atoms with van der Waals surface area (Å²) in [6.07, 6.45) is 3.23. The standard InChI is InChI=1S/C21H15F3N6O/c22-21(23,24)19-6-4-14(10-26-19)11-30-12-17(15-8-13(9-25)3-5-18(15)30)28-20(31)16-2-1-7-27-29-16/h1-8,10,12,27,29H,11H2,(H,28,31). The van der Waals surface area contributed by atoms with Gasteiger partial charge in [-0.15, -0.1) is 0 Å². The van der Waals surface area contributed by atoms with E-state index in [2.05, 4.69) is 27.2 Å². The molecule has 3 heterocycles. The minimum atomic E-state index is -4.50. The number of halogens is 3. The van der Waals surface area contributed by atoms with E-state index in [0.29, 0.717) is 33.4 Å². The number of nitriles is 1. The fourth-order valence-corrected chi connectivity index (χ4v) is 3.16. The number of carbonyl (C=O) groups excluding carboxylic acids is 1. The highest BCUT2D eigenvalue weighted by Crippen LogP contribution is 2.30. The van der Waals surface area contributed by atoms with E-state index < -0.39 is 17.8 Å². The van der Waals surface area contributed by atoms with Crippen molar-refractivity contribution in [3.8, 4) is 6.07 Å². The predicted molar refractivity (Wildman–Crippen MR) is 107 cm³/mol. The Morgan fingerprint density at radius 3 is 2.74 bits per heavy atom. The Balaban J connectivity index is 1.67. The summed E-state index contributed by atoms with van der Waals surface area (Å²) in [6.45, 7) is 0.231. The van der Waals surface area contributed by atoms with Crippen LogP contribution in [-0.4, -0.2) is 15.5 Å². The third-order valence-electron chi connectivity index (χ3n) is 4.62. The number of carbonyl (C=O) groups is 1. The molecule has 0 atom stereocenters. The van der Waals surface area contributed by atoms with E-state index in [1.54, 1.807) is 47.3 Å². The molecule has 4 rings (SSSR count). The van der Waals surface area contributed by atoms with E-state index in [9.17, 15) is 23.2 Å². The predicted octanol–water partition coefficient (Wildman–Crippen LogP) is 3.42. The number of hydrogen-bond acceptors (Lipinski definition) is 5. The van der Waals surface area contributed by atoms with Gasteiger partial charge < -0.3 is 15.3 Å². The molecule has 0 radical (unpaired) electrons. The Hall–Kier alpha value is -4.26. The van der Waals surface area contributed by atoms with E-state index in [1.165, 1.54) is 12.3 Å². The summed E-state index contributed by atoms with van der Waals surface area (Å²) in [6, 6.07) is 9.36. The van der Waals surface area contributed by atoms with Crippen LogP contribution in [0.1, 0.15) is 16.8 Å². The van der Waals surface area contributed by atoms with E-state index >= 15 is 0 Å². The lowest BCUT2D eigenvalue weighted by Crippen LogP contribution is -2.34. The summed E-state index contributed by atoms with van der Waals surface area (Å²) in [7, 11) is 0. The second-order valence-corrected chi connectivity index (χ2v) is 6.73. The number of benzene rings is 1. The molecule has 3 aromatic rings. The van der Waals surface area contributed by atoms with Crippen molar-refractivity contribution in [3.63, 3.8) is 0 Å². The maximum Gasteiger partial charge on any atom is 0.433 e. The van der Waals surface area contributed by atoms with Crippen LogP contribution in [0.5, 0.6) is 0 Å². The van der Waals surface area contributed by atoms with Gasteiger partial charge in [-0.2, -0.15) is 18.4 Å². The quantitative estimate of drug-likeness (QED) is 0.597. The number of allylic oxidation sites excluding steroid dienone is 2. The molecule has 1 aliphatic heterocycles. The van der Waals surface area contributed by atoms with Gasteiger partial charge in [-0.05, 0) is 42.0 Å². The molecule has 0 fully saturated rings. The van der Waals surface area contributed by atoms with Crippen LogP contribution in [-0.2, 0) is 17.5 Å². The Labute approximate surface area is 174 Å². The van der Waals surface area contributed by atoms with E-state index in [0.717, 1.165) is 6.07 Å². The normalized spacial score (nSPS) is 13.2. The number of pyridine rings is 1. The zero-order valence-corrected chi connectivity index (χ0v) is 15.9. The number of alkyl halides is 3. The Morgan fingerprint density at radius 1 is 1.26 bits per heavy atom. The minimum absolute atomic E-state index is 0.231. The molecular weight excluding hydrogens is 409 g/mol. The molecule has 1 amide bonds. The van der Waals surface area contributed by atoms with Crippen LogP contribution in [0.4, 0.5) is 18.9 Å². The van der Waals surface area contributed by atoms with Crippen molar-refractivity contribution in [2.75, 3.05) is 5.32 Å². The maximum atomic E-state index is 12.8. The van der Waals surface area contributed by atoms with Crippen molar-refractivity contribution >= 4 is 22.5 Å². The summed E-state index contributed by atoms with van der Waals surface area (Å²) in [5.74, 6) is -0.394. The highest BCUT2D eigenvalue weighted by molar-refractivity contribution is 6.08. The highest BCUT2D eigenvalue weighted by atomic mass is 19.4. The second kappa shape index (κ2) is 7.87. The van der Waals surface area contributed by atoms with Crippen molar-refractivity contribution < 1.29 is 18.0 Å². The number of amides is 1. The zero-order chi connectivity index (χ0) is 22.0. The van der Waals surface area contributed by atoms with Crippen LogP contribution in [0.15, 0.2) is 66.8 Å². The molecule has 10 heteroatoms. The molecular formula is C21H15F3N6O. The molecule has 7 nitrogen and oxygen atoms in total. The number of hydrogen-bond donors (Lipinski definition) is 3. The second-order valence-electron chi connectivity index (χ2n) is 6.73. The molecule has 1 aromatic carbocycles. The Bertz CT molecular complexity index is 1250. The minimum Gasteiger partial charge on any atom is -0.341 e. The van der Waals surface area contributed by atoms with Crippen LogP contribution in [0.2, 0.25) is 0 Å². The number of anilines is 1. The van der Waals surface area contributed by atoms with Gasteiger partial charge in [0.2, 0.25) is 0 Å². The third kappa shape index (κ3) is 4.20. The van der Waals surface area contributed by atoms with Crippen molar-refractivity contribution in [1.82, 2.24) is 20.4 Å². The molecule has 0 aliphatic carbocycles. The Morgan fingerprint density at radius 2 is 2.10 bits per heavy atom. The SMILES string of the molecule is N#Cc1ccc2c(c1)c(NC(=O)C1=CC=CNN1)cn2Cc1ccc(C(F)(F)F)nc1. The van der Waals surface area contributed by atoms with Crippen LogP contribution in [0.25, 0.3) is 10.9 Å². The van der Waals surface area contributed by atoms with Gasteiger partial charge in [0.1, 0.15) is 11.4 Å². The largest absolute Gasteiger partial charge is 0.433 e. The number of hydrazine groups is 1. The summed E-state index contributed by atoms with van der Waals surface area (Å²) >= 11 is 0. The monoisotopic (exact) mass is 424 g/mol. The lowest BCUT2D eigenvalue weighted by atomic mass is 10.1. The fraction of sp³-hybridized carbons (Fsp3) is 0.0952. The number of fused-ring (bicyclic) bond motifs is 1. The molecule has 156 valence electrons. The van der Waals surface area contributed by atoms with Gasteiger partial charge >= 0.3 is 6.18 Å². The van der Waals surface area contributed by atoms with Gasteiger partial charge in [0.15, 0.2) is 0 Å². The molecule has 1 aliphatic rings. The van der Waals surface area contributed by atoms with Crippen molar-refractivity contribution in [1.29, 1.82) is 5.26 Å². The van der Waals surface area contributed by atoms with E-state index in [1.807, 2.05) is 0 Å². The van der Waals surface area contributed by atoms with E-state index in [-0.39, 0.29) is 6.54 Å². The van der Waals surface area contributed by atoms with Crippen molar-refractivity contribution in [2.24, 2.45) is 0 Å². The smallest absolute Gasteiger partial charge is 0.341 e. The molecule has 0 saturated carbocycles. The first-order valence-electron chi connectivity index (χ1n) is 9.10. The average Bonchev–Trinajstić information content (AvgIpc) is 3.10. The first-order chi connectivity index (χ1) is 14.8. The van der Waals surface area contributed by atoms with Gasteiger partial charge in [0.25, 0.3) is 5.91 Å². The Kier molecular flexibility index (Phi) is 5.09. The van der Waals surface area contributed by atoms with Crippen LogP contribution in [0, 0.1) is 11.3 Å². The zero-order valence-electron chi connectivity index (χ0n) is 15.9. The van der Waals surface area contributed by atoms with Gasteiger partial charge in [0, 0.05) is 30.5 Å². The maximum absolute atomic E-state index is 12.8. The van der Waals surface area contributed by atoms with Crippen molar-refractivity contribution in [2.45, 2.75) is 12.7 Å². The molecule has 0 saturated heterocycles. The van der Waals surface area contributed by atoms with Gasteiger partial charge in [-0.3, -0.25) is 15.2 Å².